The topological polar surface area (TPSA) is 124 Å². The van der Waals surface area contributed by atoms with Crippen LogP contribution >= 0.6 is 0 Å². The maximum Gasteiger partial charge on any atom is 0.270 e. The molecule has 0 aromatic heterocycles. The second kappa shape index (κ2) is 50.0. The van der Waals surface area contributed by atoms with E-state index in [4.69, 9.17) is 14.2 Å². The first-order valence-corrected chi connectivity index (χ1v) is 54.9. The normalized spacial score (nSPS) is 30.9. The third-order valence-electron chi connectivity index (χ3n) is 35.5. The van der Waals surface area contributed by atoms with Crippen LogP contribution in [-0.2, 0) is 58.5 Å². The van der Waals surface area contributed by atoms with Crippen molar-refractivity contribution in [3.8, 4) is 0 Å². The Bertz CT molecular complexity index is 5000. The molecule has 13 atom stereocenters. The van der Waals surface area contributed by atoms with Crippen LogP contribution in [0.3, 0.4) is 0 Å². The van der Waals surface area contributed by atoms with Crippen molar-refractivity contribution in [3.05, 3.63) is 284 Å². The predicted octanol–water partition coefficient (Wildman–Crippen LogP) is 29.0. The number of ether oxygens (including phenoxy) is 3. The molecule has 776 valence electrons. The van der Waals surface area contributed by atoms with Gasteiger partial charge < -0.3 is 56.7 Å². The Kier molecular flexibility index (Phi) is 39.9. The molecule has 11 fully saturated rings. The summed E-state index contributed by atoms with van der Waals surface area (Å²) in [5.74, 6) is -7.35. The van der Waals surface area contributed by atoms with Gasteiger partial charge in [-0.1, -0.05) is 326 Å². The number of rotatable bonds is 21. The van der Waals surface area contributed by atoms with Crippen LogP contribution in [0.15, 0.2) is 200 Å². The summed E-state index contributed by atoms with van der Waals surface area (Å²) in [6.07, 6.45) is 34.5. The lowest BCUT2D eigenvalue weighted by Gasteiger charge is -2.59. The van der Waals surface area contributed by atoms with E-state index in [0.29, 0.717) is 51.6 Å². The Morgan fingerprint density at radius 3 is 0.851 bits per heavy atom. The second-order valence-electron chi connectivity index (χ2n) is 42.9. The molecular formula is C123H177F7N8O3. The summed E-state index contributed by atoms with van der Waals surface area (Å²) in [6.45, 7) is 34.6. The van der Waals surface area contributed by atoms with Gasteiger partial charge in [-0.2, -0.15) is 0 Å². The predicted molar refractivity (Wildman–Crippen MR) is 570 cm³/mol. The van der Waals surface area contributed by atoms with Crippen LogP contribution in [-0.4, -0.2) is 108 Å². The van der Waals surface area contributed by atoms with E-state index in [2.05, 4.69) is 246 Å². The van der Waals surface area contributed by atoms with E-state index < -0.39 is 40.2 Å². The first kappa shape index (κ1) is 113. The minimum Gasteiger partial charge on any atom is -0.373 e. The first-order chi connectivity index (χ1) is 67.8. The van der Waals surface area contributed by atoms with E-state index in [1.165, 1.54) is 216 Å². The van der Waals surface area contributed by atoms with Crippen molar-refractivity contribution in [3.63, 3.8) is 0 Å². The number of hydrogen-bond acceptors (Lipinski definition) is 11. The van der Waals surface area contributed by atoms with Crippen LogP contribution in [0.4, 0.5) is 30.7 Å². The van der Waals surface area contributed by atoms with Crippen molar-refractivity contribution in [2.45, 2.75) is 394 Å². The second-order valence-corrected chi connectivity index (χ2v) is 42.9. The quantitative estimate of drug-likeness (QED) is 0.0328. The molecule has 11 aliphatic rings. The van der Waals surface area contributed by atoms with Crippen LogP contribution in [0.1, 0.15) is 351 Å². The highest BCUT2D eigenvalue weighted by molar-refractivity contribution is 5.43. The van der Waals surface area contributed by atoms with Crippen molar-refractivity contribution < 1.29 is 44.9 Å². The van der Waals surface area contributed by atoms with Crippen LogP contribution in [0.25, 0.3) is 0 Å². The van der Waals surface area contributed by atoms with Crippen LogP contribution < -0.4 is 42.5 Å². The van der Waals surface area contributed by atoms with Gasteiger partial charge in [0.05, 0.1) is 53.2 Å². The molecule has 141 heavy (non-hydrogen) atoms. The summed E-state index contributed by atoms with van der Waals surface area (Å²) in [5.41, 5.74) is 13.2. The van der Waals surface area contributed by atoms with Gasteiger partial charge in [-0.05, 0) is 288 Å². The van der Waals surface area contributed by atoms with Gasteiger partial charge in [0.1, 0.15) is 22.4 Å². The summed E-state index contributed by atoms with van der Waals surface area (Å²) in [7, 11) is 5.86. The third kappa shape index (κ3) is 22.9. The standard InChI is InChI=1S/C17H25NO.2C16H23NO.C16H25N.C15H21F2N.C15H23N.C14H18F3N.C14H19F2N/c1-3-18-17(15-9-5-4-8-14(15)2)11-7-6-10-16(17)12-13-19-16;1-13-7-3-4-8-14(13)16(17-2)10-6-5-9-15(16)11-12-18-15;1-2-17-16(14-8-4-3-5-9-14)11-7-6-10-15(16)12-13-18-15;1-4-17-16(12-8-7-10-14(16)3)15-11-6-5-9-13(15)2;1-3-18-14(10-6-7-11-15(14,16)17)13-9-5-4-8-12(13)2;1-12-8-4-5-10-14(12)15(16-3)11-7-6-9-13(15)2;1-2-18-13(9-5-6-10-14(13,16)17)11-7-3-4-8-12(11)15;1-11-7-3-4-8-12(11)13(17-2)9-5-6-10-14(13,15)16/h4-5,8-9,18H,3,6-7,10-13H2,1-2H3;3-4,7-8,17H,5-6,9-12H2,1-2H3;3-5,8-9,17H,2,6-7,10-13H2,1H3;5-6,9,11,14,17H,4,7-8,10,12H2,1-3H3;4-5,8-9,18H,3,6-7,10-11H2,1-2H3;4-5,8,10,13,16H,6-7,9,11H2,1-3H3;3-4,7-8,18H,2,5-6,9-10H2,1H3;3-4,7-8,17H,5-6,9-10H2,1-2H3/t16?,17-;2*15?,16-;14?,16-;14-;13?,15-;2*13-/m11101011/s1. The van der Waals surface area contributed by atoms with Gasteiger partial charge in [0.15, 0.2) is 0 Å². The first-order valence-electron chi connectivity index (χ1n) is 54.9. The van der Waals surface area contributed by atoms with Crippen molar-refractivity contribution in [1.29, 1.82) is 0 Å². The molecule has 3 heterocycles. The van der Waals surface area contributed by atoms with Gasteiger partial charge in [0.25, 0.3) is 17.8 Å². The van der Waals surface area contributed by atoms with E-state index in [1.807, 2.05) is 69.3 Å². The molecule has 3 aliphatic heterocycles. The molecule has 8 aromatic carbocycles. The summed E-state index contributed by atoms with van der Waals surface area (Å²) >= 11 is 0. The summed E-state index contributed by atoms with van der Waals surface area (Å²) in [4.78, 5) is 0. The molecule has 8 N–H and O–H groups in total. The molecule has 8 aromatic rings. The maximum atomic E-state index is 14.5. The average Bonchev–Trinajstić information content (AvgIpc) is 0.718. The van der Waals surface area contributed by atoms with Gasteiger partial charge in [0.2, 0.25) is 0 Å². The molecule has 11 nitrogen and oxygen atoms in total. The number of likely N-dealkylation sites (N-methyl/N-ethyl adjacent to an activating group) is 3. The molecule has 19 rings (SSSR count). The van der Waals surface area contributed by atoms with Crippen molar-refractivity contribution in [2.24, 2.45) is 11.8 Å². The number of halogens is 7. The Balaban J connectivity index is 0.000000144. The van der Waals surface area contributed by atoms with Crippen molar-refractivity contribution in [2.75, 3.05) is 73.7 Å². The SMILES string of the molecule is CCN[C@@]1(c2ccccc2)CCCCC12CCO2.CCN[C@@]1(c2ccccc2C)CCCCC1(F)F.CCN[C@@]1(c2ccccc2C)CCCCC12CCO2.CCN[C@@]1(c2ccccc2C)CCCCC1C.CCN[C@@]1(c2ccccc2F)CCCCC1(F)F.CN[C@@]1(c2ccccc2C)CCCCC1(F)F.CN[C@@]1(c2ccccc2C)CCCCC12CCO2.CN[C@@]1(c2ccccc2C)CCCCC1C. The van der Waals surface area contributed by atoms with Crippen molar-refractivity contribution >= 4 is 0 Å². The smallest absolute Gasteiger partial charge is 0.270 e. The van der Waals surface area contributed by atoms with E-state index in [0.717, 1.165) is 86.4 Å². The Morgan fingerprint density at radius 1 is 0.248 bits per heavy atom. The minimum atomic E-state index is -2.91. The fraction of sp³-hybridized carbons (Fsp3) is 0.610. The molecule has 5 unspecified atom stereocenters. The van der Waals surface area contributed by atoms with Gasteiger partial charge >= 0.3 is 0 Å². The van der Waals surface area contributed by atoms with E-state index in [9.17, 15) is 30.7 Å². The number of nitrogens with one attached hydrogen (secondary N) is 8. The highest BCUT2D eigenvalue weighted by Crippen LogP contribution is 2.59. The molecule has 18 heteroatoms. The summed E-state index contributed by atoms with van der Waals surface area (Å²) in [6, 6.07) is 67.1. The molecule has 3 spiro atoms. The van der Waals surface area contributed by atoms with Crippen LogP contribution in [0, 0.1) is 59.2 Å². The van der Waals surface area contributed by atoms with Gasteiger partial charge in [-0.3, -0.25) is 0 Å². The monoisotopic (exact) mass is 1950 g/mol. The van der Waals surface area contributed by atoms with E-state index in [1.54, 1.807) is 20.0 Å². The Morgan fingerprint density at radius 2 is 0.504 bits per heavy atom. The maximum absolute atomic E-state index is 14.5. The molecule has 0 amide bonds. The number of aryl methyl sites for hydroxylation is 6. The molecule has 0 radical (unpaired) electrons. The Hall–Kier alpha value is -7.17. The zero-order valence-corrected chi connectivity index (χ0v) is 89.0. The zero-order valence-electron chi connectivity index (χ0n) is 89.0. The largest absolute Gasteiger partial charge is 0.373 e. The molecule has 3 saturated heterocycles. The van der Waals surface area contributed by atoms with Gasteiger partial charge in [-0.25, -0.2) is 30.7 Å². The summed E-state index contributed by atoms with van der Waals surface area (Å²) < 4.78 is 119. The number of hydrogen-bond donors (Lipinski definition) is 8. The fourth-order valence-corrected chi connectivity index (χ4v) is 28.0. The van der Waals surface area contributed by atoms with Crippen LogP contribution in [0.5, 0.6) is 0 Å². The highest BCUT2D eigenvalue weighted by atomic mass is 19.3. The lowest BCUT2D eigenvalue weighted by Crippen LogP contribution is -2.67. The highest BCUT2D eigenvalue weighted by Gasteiger charge is 2.63. The van der Waals surface area contributed by atoms with Gasteiger partial charge in [-0.15, -0.1) is 0 Å². The molecule has 8 aliphatic carbocycles. The molecular weight excluding hydrogens is 1770 g/mol. The summed E-state index contributed by atoms with van der Waals surface area (Å²) in [5, 5.41) is 27.5. The van der Waals surface area contributed by atoms with E-state index in [-0.39, 0.29) is 75.7 Å². The zero-order chi connectivity index (χ0) is 101. The third-order valence-corrected chi connectivity index (χ3v) is 35.5. The molecule has 0 bridgehead atoms. The Labute approximate surface area is 845 Å². The number of alkyl halides is 6. The van der Waals surface area contributed by atoms with Gasteiger partial charge in [0, 0.05) is 55.2 Å². The van der Waals surface area contributed by atoms with Crippen LogP contribution in [0.2, 0.25) is 0 Å². The number of benzene rings is 8. The lowest BCUT2D eigenvalue weighted by atomic mass is 9.61. The lowest BCUT2D eigenvalue weighted by molar-refractivity contribution is -0.218. The van der Waals surface area contributed by atoms with Crippen molar-refractivity contribution in [1.82, 2.24) is 42.5 Å². The molecule has 8 saturated carbocycles. The minimum absolute atomic E-state index is 0.0195. The van der Waals surface area contributed by atoms with E-state index >= 15 is 0 Å². The fourth-order valence-electron chi connectivity index (χ4n) is 28.0. The average molecular weight is 1950 g/mol.